The minimum atomic E-state index is -1.18. The maximum atomic E-state index is 13.7. The molecule has 1 aliphatic carbocycles. The highest BCUT2D eigenvalue weighted by atomic mass is 19.1. The molecule has 1 aromatic rings. The van der Waals surface area contributed by atoms with Gasteiger partial charge in [0.25, 0.3) is 0 Å². The first-order valence-electron chi connectivity index (χ1n) is 6.46. The second-order valence-corrected chi connectivity index (χ2v) is 5.19. The molecule has 1 aliphatic rings. The standard InChI is InChI=1S/C14H18FNO3/c1-8-3-2-4-9(5-8)19-13-6-10(14(17)18)12(16)7-11(13)15/h6-9H,2-5,16H2,1H3,(H,17,18). The van der Waals surface area contributed by atoms with Crippen LogP contribution in [0.2, 0.25) is 0 Å². The molecule has 0 heterocycles. The van der Waals surface area contributed by atoms with Crippen molar-refractivity contribution in [2.24, 2.45) is 5.92 Å². The number of carboxylic acid groups (broad SMARTS) is 1. The highest BCUT2D eigenvalue weighted by Crippen LogP contribution is 2.30. The van der Waals surface area contributed by atoms with Crippen LogP contribution in [0.1, 0.15) is 43.0 Å². The summed E-state index contributed by atoms with van der Waals surface area (Å²) in [5.74, 6) is -1.26. The van der Waals surface area contributed by atoms with Gasteiger partial charge in [-0.1, -0.05) is 13.3 Å². The molecule has 19 heavy (non-hydrogen) atoms. The lowest BCUT2D eigenvalue weighted by Crippen LogP contribution is -2.24. The van der Waals surface area contributed by atoms with Gasteiger partial charge in [0, 0.05) is 11.8 Å². The third-order valence-corrected chi connectivity index (χ3v) is 3.52. The molecule has 1 saturated carbocycles. The fraction of sp³-hybridized carbons (Fsp3) is 0.500. The number of halogens is 1. The topological polar surface area (TPSA) is 72.5 Å². The Labute approximate surface area is 111 Å². The number of hydrogen-bond acceptors (Lipinski definition) is 3. The van der Waals surface area contributed by atoms with E-state index in [-0.39, 0.29) is 23.1 Å². The summed E-state index contributed by atoms with van der Waals surface area (Å²) in [6, 6.07) is 2.18. The average molecular weight is 267 g/mol. The van der Waals surface area contributed by atoms with E-state index < -0.39 is 11.8 Å². The second kappa shape index (κ2) is 5.47. The number of ether oxygens (including phenoxy) is 1. The lowest BCUT2D eigenvalue weighted by atomic mass is 9.89. The van der Waals surface area contributed by atoms with Crippen LogP contribution in [0.15, 0.2) is 12.1 Å². The van der Waals surface area contributed by atoms with Gasteiger partial charge in [0.2, 0.25) is 0 Å². The largest absolute Gasteiger partial charge is 0.487 e. The molecular formula is C14H18FNO3. The van der Waals surface area contributed by atoms with E-state index in [1.165, 1.54) is 6.07 Å². The molecule has 0 aliphatic heterocycles. The lowest BCUT2D eigenvalue weighted by molar-refractivity contribution is 0.0696. The number of nitrogens with two attached hydrogens (primary N) is 1. The highest BCUT2D eigenvalue weighted by molar-refractivity contribution is 5.94. The molecule has 2 unspecified atom stereocenters. The van der Waals surface area contributed by atoms with Crippen molar-refractivity contribution in [1.82, 2.24) is 0 Å². The van der Waals surface area contributed by atoms with E-state index in [0.29, 0.717) is 5.92 Å². The number of benzene rings is 1. The molecule has 104 valence electrons. The van der Waals surface area contributed by atoms with Crippen LogP contribution in [0.25, 0.3) is 0 Å². The first kappa shape index (κ1) is 13.6. The Morgan fingerprint density at radius 2 is 2.21 bits per heavy atom. The predicted octanol–water partition coefficient (Wildman–Crippen LogP) is 3.06. The summed E-state index contributed by atoms with van der Waals surface area (Å²) in [6.45, 7) is 2.14. The Bertz CT molecular complexity index is 490. The molecule has 0 saturated heterocycles. The van der Waals surface area contributed by atoms with E-state index in [2.05, 4.69) is 6.92 Å². The van der Waals surface area contributed by atoms with Crippen LogP contribution in [-0.2, 0) is 0 Å². The van der Waals surface area contributed by atoms with Crippen molar-refractivity contribution >= 4 is 11.7 Å². The van der Waals surface area contributed by atoms with Gasteiger partial charge in [0.05, 0.1) is 11.7 Å². The van der Waals surface area contributed by atoms with E-state index in [1.807, 2.05) is 0 Å². The van der Waals surface area contributed by atoms with Crippen molar-refractivity contribution in [3.63, 3.8) is 0 Å². The van der Waals surface area contributed by atoms with Crippen LogP contribution in [0.4, 0.5) is 10.1 Å². The number of aromatic carboxylic acids is 1. The molecule has 1 fully saturated rings. The van der Waals surface area contributed by atoms with Crippen LogP contribution in [-0.4, -0.2) is 17.2 Å². The number of rotatable bonds is 3. The summed E-state index contributed by atoms with van der Waals surface area (Å²) >= 11 is 0. The molecule has 4 nitrogen and oxygen atoms in total. The Morgan fingerprint density at radius 3 is 2.84 bits per heavy atom. The Hall–Kier alpha value is -1.78. The van der Waals surface area contributed by atoms with Crippen molar-refractivity contribution in [2.45, 2.75) is 38.7 Å². The van der Waals surface area contributed by atoms with Gasteiger partial charge < -0.3 is 15.6 Å². The van der Waals surface area contributed by atoms with Crippen molar-refractivity contribution in [3.8, 4) is 5.75 Å². The molecule has 0 amide bonds. The Morgan fingerprint density at radius 1 is 1.47 bits per heavy atom. The van der Waals surface area contributed by atoms with E-state index >= 15 is 0 Å². The maximum absolute atomic E-state index is 13.7. The zero-order chi connectivity index (χ0) is 14.0. The van der Waals surface area contributed by atoms with Gasteiger partial charge in [-0.3, -0.25) is 0 Å². The summed E-state index contributed by atoms with van der Waals surface area (Å²) in [5, 5.41) is 8.97. The zero-order valence-electron chi connectivity index (χ0n) is 10.9. The van der Waals surface area contributed by atoms with Crippen LogP contribution in [0.5, 0.6) is 5.75 Å². The highest BCUT2D eigenvalue weighted by Gasteiger charge is 2.22. The fourth-order valence-electron chi connectivity index (χ4n) is 2.51. The van der Waals surface area contributed by atoms with Crippen molar-refractivity contribution < 1.29 is 19.0 Å². The molecule has 5 heteroatoms. The van der Waals surface area contributed by atoms with Gasteiger partial charge in [0.1, 0.15) is 0 Å². The molecule has 0 radical (unpaired) electrons. The van der Waals surface area contributed by atoms with E-state index in [0.717, 1.165) is 31.7 Å². The molecule has 0 bridgehead atoms. The predicted molar refractivity (Wildman–Crippen MR) is 69.8 cm³/mol. The SMILES string of the molecule is CC1CCCC(Oc2cc(C(=O)O)c(N)cc2F)C1. The van der Waals surface area contributed by atoms with Gasteiger partial charge in [-0.15, -0.1) is 0 Å². The van der Waals surface area contributed by atoms with E-state index in [9.17, 15) is 9.18 Å². The molecule has 1 aromatic carbocycles. The Kier molecular flexibility index (Phi) is 3.93. The van der Waals surface area contributed by atoms with Crippen LogP contribution >= 0.6 is 0 Å². The van der Waals surface area contributed by atoms with E-state index in [1.54, 1.807) is 0 Å². The molecule has 2 rings (SSSR count). The third kappa shape index (κ3) is 3.16. The monoisotopic (exact) mass is 267 g/mol. The average Bonchev–Trinajstić information content (AvgIpc) is 2.32. The second-order valence-electron chi connectivity index (χ2n) is 5.19. The quantitative estimate of drug-likeness (QED) is 0.825. The summed E-state index contributed by atoms with van der Waals surface area (Å²) in [4.78, 5) is 11.0. The van der Waals surface area contributed by atoms with Gasteiger partial charge in [-0.25, -0.2) is 9.18 Å². The summed E-state index contributed by atoms with van der Waals surface area (Å²) in [6.07, 6.45) is 3.89. The van der Waals surface area contributed by atoms with Crippen molar-refractivity contribution in [1.29, 1.82) is 0 Å². The minimum absolute atomic E-state index is 0.0225. The molecule has 3 N–H and O–H groups in total. The number of hydrogen-bond donors (Lipinski definition) is 2. The third-order valence-electron chi connectivity index (χ3n) is 3.52. The van der Waals surface area contributed by atoms with E-state index in [4.69, 9.17) is 15.6 Å². The summed E-state index contributed by atoms with van der Waals surface area (Å²) < 4.78 is 19.4. The van der Waals surface area contributed by atoms with Crippen LogP contribution in [0.3, 0.4) is 0 Å². The Balaban J connectivity index is 2.19. The number of carbonyl (C=O) groups is 1. The molecule has 2 atom stereocenters. The summed E-state index contributed by atoms with van der Waals surface area (Å²) in [7, 11) is 0. The van der Waals surface area contributed by atoms with Crippen LogP contribution < -0.4 is 10.5 Å². The molecule has 0 spiro atoms. The molecular weight excluding hydrogens is 249 g/mol. The molecule has 0 aromatic heterocycles. The van der Waals surface area contributed by atoms with Crippen molar-refractivity contribution in [2.75, 3.05) is 5.73 Å². The van der Waals surface area contributed by atoms with Crippen LogP contribution in [0, 0.1) is 11.7 Å². The normalized spacial score (nSPS) is 23.1. The fourth-order valence-corrected chi connectivity index (χ4v) is 2.51. The van der Waals surface area contributed by atoms with Crippen molar-refractivity contribution in [3.05, 3.63) is 23.5 Å². The summed E-state index contributed by atoms with van der Waals surface area (Å²) in [5.41, 5.74) is 5.26. The number of anilines is 1. The maximum Gasteiger partial charge on any atom is 0.337 e. The number of nitrogen functional groups attached to an aromatic ring is 1. The van der Waals surface area contributed by atoms with Gasteiger partial charge >= 0.3 is 5.97 Å². The first-order valence-corrected chi connectivity index (χ1v) is 6.46. The number of carboxylic acids is 1. The van der Waals surface area contributed by atoms with Gasteiger partial charge in [-0.05, 0) is 31.2 Å². The lowest BCUT2D eigenvalue weighted by Gasteiger charge is -2.27. The minimum Gasteiger partial charge on any atom is -0.487 e. The van der Waals surface area contributed by atoms with Gasteiger partial charge in [-0.2, -0.15) is 0 Å². The smallest absolute Gasteiger partial charge is 0.337 e. The van der Waals surface area contributed by atoms with Gasteiger partial charge in [0.15, 0.2) is 11.6 Å². The first-order chi connectivity index (χ1) is 8.97. The zero-order valence-corrected chi connectivity index (χ0v) is 10.9.